The topological polar surface area (TPSA) is 81.7 Å². The number of rotatable bonds is 5. The Bertz CT molecular complexity index is 644. The van der Waals surface area contributed by atoms with Crippen LogP contribution >= 0.6 is 0 Å². The van der Waals surface area contributed by atoms with E-state index in [1.54, 1.807) is 0 Å². The monoisotopic (exact) mass is 387 g/mol. The third-order valence-electron chi connectivity index (χ3n) is 6.27. The first-order chi connectivity index (χ1) is 13.5. The fourth-order valence-corrected chi connectivity index (χ4v) is 4.45. The summed E-state index contributed by atoms with van der Waals surface area (Å²) in [7, 11) is 0. The van der Waals surface area contributed by atoms with Crippen LogP contribution in [0.15, 0.2) is 30.3 Å². The van der Waals surface area contributed by atoms with Crippen LogP contribution in [-0.4, -0.2) is 47.6 Å². The minimum Gasteiger partial charge on any atom is -0.388 e. The Labute approximate surface area is 167 Å². The predicted octanol–water partition coefficient (Wildman–Crippen LogP) is 2.84. The Morgan fingerprint density at radius 2 is 1.79 bits per heavy atom. The van der Waals surface area contributed by atoms with Gasteiger partial charge >= 0.3 is 6.03 Å². The predicted molar refractivity (Wildman–Crippen MR) is 109 cm³/mol. The van der Waals surface area contributed by atoms with E-state index in [4.69, 9.17) is 0 Å². The molecule has 1 aliphatic heterocycles. The Kier molecular flexibility index (Phi) is 7.45. The second kappa shape index (κ2) is 10.0. The van der Waals surface area contributed by atoms with Crippen LogP contribution in [0.2, 0.25) is 0 Å². The SMILES string of the molecule is CC1CCCCC1NC(=O)NC(=O)CN1CCC(C(O)c2ccccc2)CC1. The molecule has 6 nitrogen and oxygen atoms in total. The number of carbonyl (C=O) groups is 2. The van der Waals surface area contributed by atoms with Gasteiger partial charge < -0.3 is 10.4 Å². The van der Waals surface area contributed by atoms with Gasteiger partial charge in [0.2, 0.25) is 5.91 Å². The molecule has 1 aromatic carbocycles. The molecule has 154 valence electrons. The average molecular weight is 388 g/mol. The first-order valence-corrected chi connectivity index (χ1v) is 10.6. The van der Waals surface area contributed by atoms with Crippen LogP contribution in [0.3, 0.4) is 0 Å². The highest BCUT2D eigenvalue weighted by molar-refractivity contribution is 5.95. The molecule has 1 aromatic rings. The second-order valence-corrected chi connectivity index (χ2v) is 8.36. The van der Waals surface area contributed by atoms with E-state index in [9.17, 15) is 14.7 Å². The van der Waals surface area contributed by atoms with Gasteiger partial charge in [-0.05, 0) is 56.2 Å². The number of likely N-dealkylation sites (tertiary alicyclic amines) is 1. The molecule has 3 atom stereocenters. The van der Waals surface area contributed by atoms with Crippen molar-refractivity contribution < 1.29 is 14.7 Å². The summed E-state index contributed by atoms with van der Waals surface area (Å²) in [4.78, 5) is 26.4. The number of nitrogens with one attached hydrogen (secondary N) is 2. The molecular weight excluding hydrogens is 354 g/mol. The van der Waals surface area contributed by atoms with E-state index < -0.39 is 6.10 Å². The van der Waals surface area contributed by atoms with Crippen molar-refractivity contribution in [3.8, 4) is 0 Å². The molecule has 0 bridgehead atoms. The molecular formula is C22H33N3O3. The van der Waals surface area contributed by atoms with Gasteiger partial charge in [-0.25, -0.2) is 4.79 Å². The van der Waals surface area contributed by atoms with Crippen LogP contribution in [0, 0.1) is 11.8 Å². The number of nitrogens with zero attached hydrogens (tertiary/aromatic N) is 1. The van der Waals surface area contributed by atoms with Crippen molar-refractivity contribution in [3.05, 3.63) is 35.9 Å². The van der Waals surface area contributed by atoms with E-state index in [2.05, 4.69) is 22.5 Å². The van der Waals surface area contributed by atoms with Crippen LogP contribution in [0.4, 0.5) is 4.79 Å². The van der Waals surface area contributed by atoms with Gasteiger partial charge in [-0.15, -0.1) is 0 Å². The van der Waals surface area contributed by atoms with E-state index >= 15 is 0 Å². The maximum Gasteiger partial charge on any atom is 0.321 e. The second-order valence-electron chi connectivity index (χ2n) is 8.36. The Hall–Kier alpha value is -1.92. The Morgan fingerprint density at radius 1 is 1.11 bits per heavy atom. The third kappa shape index (κ3) is 5.79. The summed E-state index contributed by atoms with van der Waals surface area (Å²) in [6, 6.07) is 9.53. The van der Waals surface area contributed by atoms with Crippen LogP contribution < -0.4 is 10.6 Å². The van der Waals surface area contributed by atoms with Gasteiger partial charge in [0.25, 0.3) is 0 Å². The molecule has 6 heteroatoms. The summed E-state index contributed by atoms with van der Waals surface area (Å²) in [5.41, 5.74) is 0.951. The van der Waals surface area contributed by atoms with Crippen molar-refractivity contribution in [1.82, 2.24) is 15.5 Å². The molecule has 3 amide bonds. The number of amides is 3. The molecule has 3 unspecified atom stereocenters. The molecule has 1 aliphatic carbocycles. The molecule has 1 heterocycles. The van der Waals surface area contributed by atoms with Crippen molar-refractivity contribution in [2.75, 3.05) is 19.6 Å². The maximum atomic E-state index is 12.2. The zero-order valence-electron chi connectivity index (χ0n) is 16.8. The van der Waals surface area contributed by atoms with Crippen molar-refractivity contribution >= 4 is 11.9 Å². The number of urea groups is 1. The molecule has 1 saturated heterocycles. The lowest BCUT2D eigenvalue weighted by Gasteiger charge is -2.34. The van der Waals surface area contributed by atoms with Gasteiger partial charge in [-0.3, -0.25) is 15.0 Å². The zero-order valence-corrected chi connectivity index (χ0v) is 16.8. The molecule has 1 saturated carbocycles. The zero-order chi connectivity index (χ0) is 19.9. The smallest absolute Gasteiger partial charge is 0.321 e. The average Bonchev–Trinajstić information content (AvgIpc) is 2.70. The molecule has 0 radical (unpaired) electrons. The number of imide groups is 1. The van der Waals surface area contributed by atoms with E-state index in [-0.39, 0.29) is 30.4 Å². The summed E-state index contributed by atoms with van der Waals surface area (Å²) in [5.74, 6) is 0.408. The number of hydrogen-bond acceptors (Lipinski definition) is 4. The van der Waals surface area contributed by atoms with E-state index in [1.165, 1.54) is 6.42 Å². The summed E-state index contributed by atoms with van der Waals surface area (Å²) in [5, 5.41) is 16.0. The lowest BCUT2D eigenvalue weighted by Crippen LogP contribution is -2.50. The lowest BCUT2D eigenvalue weighted by atomic mass is 9.86. The van der Waals surface area contributed by atoms with Crippen molar-refractivity contribution in [2.45, 2.75) is 57.6 Å². The summed E-state index contributed by atoms with van der Waals surface area (Å²) < 4.78 is 0. The maximum absolute atomic E-state index is 12.2. The first kappa shape index (κ1) is 20.8. The van der Waals surface area contributed by atoms with Gasteiger partial charge in [0.15, 0.2) is 0 Å². The van der Waals surface area contributed by atoms with E-state index in [1.807, 2.05) is 30.3 Å². The van der Waals surface area contributed by atoms with E-state index in [0.29, 0.717) is 5.92 Å². The fraction of sp³-hybridized carbons (Fsp3) is 0.636. The van der Waals surface area contributed by atoms with Gasteiger partial charge in [0, 0.05) is 6.04 Å². The van der Waals surface area contributed by atoms with Gasteiger partial charge in [0.05, 0.1) is 12.6 Å². The summed E-state index contributed by atoms with van der Waals surface area (Å²) >= 11 is 0. The molecule has 2 aliphatic rings. The highest BCUT2D eigenvalue weighted by Gasteiger charge is 2.28. The first-order valence-electron chi connectivity index (χ1n) is 10.6. The fourth-order valence-electron chi connectivity index (χ4n) is 4.45. The Balaban J connectivity index is 1.38. The molecule has 0 aromatic heterocycles. The highest BCUT2D eigenvalue weighted by atomic mass is 16.3. The van der Waals surface area contributed by atoms with Crippen molar-refractivity contribution in [2.24, 2.45) is 11.8 Å². The van der Waals surface area contributed by atoms with Crippen LogP contribution in [0.5, 0.6) is 0 Å². The number of aliphatic hydroxyl groups is 1. The summed E-state index contributed by atoms with van der Waals surface area (Å²) in [6.45, 7) is 3.88. The number of piperidine rings is 1. The highest BCUT2D eigenvalue weighted by Crippen LogP contribution is 2.30. The van der Waals surface area contributed by atoms with Gasteiger partial charge in [-0.2, -0.15) is 0 Å². The number of carbonyl (C=O) groups excluding carboxylic acids is 2. The Morgan fingerprint density at radius 3 is 2.46 bits per heavy atom. The molecule has 3 rings (SSSR count). The van der Waals surface area contributed by atoms with Crippen molar-refractivity contribution in [1.29, 1.82) is 0 Å². The lowest BCUT2D eigenvalue weighted by molar-refractivity contribution is -0.121. The molecule has 3 N–H and O–H groups in total. The van der Waals surface area contributed by atoms with Crippen LogP contribution in [-0.2, 0) is 4.79 Å². The third-order valence-corrected chi connectivity index (χ3v) is 6.27. The normalized spacial score (nSPS) is 25.1. The largest absolute Gasteiger partial charge is 0.388 e. The van der Waals surface area contributed by atoms with Crippen molar-refractivity contribution in [3.63, 3.8) is 0 Å². The molecule has 28 heavy (non-hydrogen) atoms. The molecule has 0 spiro atoms. The van der Waals surface area contributed by atoms with Gasteiger partial charge in [-0.1, -0.05) is 50.1 Å². The number of aliphatic hydroxyl groups excluding tert-OH is 1. The minimum absolute atomic E-state index is 0.164. The minimum atomic E-state index is -0.458. The number of hydrogen-bond donors (Lipinski definition) is 3. The van der Waals surface area contributed by atoms with Gasteiger partial charge in [0.1, 0.15) is 0 Å². The van der Waals surface area contributed by atoms with Crippen LogP contribution in [0.1, 0.15) is 57.1 Å². The van der Waals surface area contributed by atoms with Crippen LogP contribution in [0.25, 0.3) is 0 Å². The summed E-state index contributed by atoms with van der Waals surface area (Å²) in [6.07, 6.45) is 5.69. The standard InChI is InChI=1S/C22H33N3O3/c1-16-7-5-6-10-19(16)23-22(28)24-20(26)15-25-13-11-18(12-14-25)21(27)17-8-3-2-4-9-17/h2-4,8-9,16,18-19,21,27H,5-7,10-15H2,1H3,(H2,23,24,26,28). The number of benzene rings is 1. The molecule has 2 fully saturated rings. The van der Waals surface area contributed by atoms with E-state index in [0.717, 1.165) is 50.8 Å². The quantitative estimate of drug-likeness (QED) is 0.726.